The van der Waals surface area contributed by atoms with Crippen LogP contribution in [0.15, 0.2) is 42.7 Å². The van der Waals surface area contributed by atoms with E-state index < -0.39 is 12.0 Å². The second-order valence-corrected chi connectivity index (χ2v) is 5.24. The number of fused-ring (bicyclic) bond motifs is 1. The van der Waals surface area contributed by atoms with Crippen LogP contribution in [-0.4, -0.2) is 33.9 Å². The topological polar surface area (TPSA) is 82.7 Å². The molecule has 3 N–H and O–H groups in total. The van der Waals surface area contributed by atoms with Crippen molar-refractivity contribution in [3.8, 4) is 0 Å². The first-order valence-electron chi connectivity index (χ1n) is 7.42. The molecule has 0 fully saturated rings. The summed E-state index contributed by atoms with van der Waals surface area (Å²) >= 11 is 0. The molecule has 0 aliphatic carbocycles. The number of anilines is 1. The smallest absolute Gasteiger partial charge is 0.382 e. The maximum Gasteiger partial charge on any atom is 0.449 e. The zero-order valence-corrected chi connectivity index (χ0v) is 12.9. The van der Waals surface area contributed by atoms with Crippen LogP contribution < -0.4 is 10.6 Å². The lowest BCUT2D eigenvalue weighted by Gasteiger charge is -2.07. The molecular formula is C16H14F3N5O. The van der Waals surface area contributed by atoms with Gasteiger partial charge in [0.05, 0.1) is 16.7 Å². The van der Waals surface area contributed by atoms with Gasteiger partial charge < -0.3 is 15.6 Å². The Morgan fingerprint density at radius 2 is 2.04 bits per heavy atom. The predicted octanol–water partition coefficient (Wildman–Crippen LogP) is 2.82. The number of carbonyl (C=O) groups is 1. The maximum absolute atomic E-state index is 12.6. The lowest BCUT2D eigenvalue weighted by Crippen LogP contribution is -2.28. The number of aromatic nitrogens is 3. The van der Waals surface area contributed by atoms with Crippen LogP contribution in [0.3, 0.4) is 0 Å². The molecule has 0 saturated heterocycles. The second kappa shape index (κ2) is 6.80. The summed E-state index contributed by atoms with van der Waals surface area (Å²) in [6, 6.07) is 7.80. The number of halogens is 3. The van der Waals surface area contributed by atoms with Crippen LogP contribution >= 0.6 is 0 Å². The molecule has 0 atom stereocenters. The van der Waals surface area contributed by atoms with E-state index in [9.17, 15) is 18.0 Å². The van der Waals surface area contributed by atoms with Crippen LogP contribution in [0.1, 0.15) is 16.2 Å². The highest BCUT2D eigenvalue weighted by atomic mass is 19.4. The first kappa shape index (κ1) is 16.7. The number of hydrogen-bond acceptors (Lipinski definition) is 4. The number of amides is 1. The number of nitrogens with one attached hydrogen (secondary N) is 3. The van der Waals surface area contributed by atoms with E-state index >= 15 is 0 Å². The molecule has 6 nitrogen and oxygen atoms in total. The molecule has 0 saturated carbocycles. The van der Waals surface area contributed by atoms with Gasteiger partial charge in [0, 0.05) is 31.0 Å². The summed E-state index contributed by atoms with van der Waals surface area (Å²) in [5.74, 6) is -1.46. The summed E-state index contributed by atoms with van der Waals surface area (Å²) in [5.41, 5.74) is 1.40. The van der Waals surface area contributed by atoms with Gasteiger partial charge in [-0.15, -0.1) is 0 Å². The molecule has 1 aromatic carbocycles. The van der Waals surface area contributed by atoms with Crippen LogP contribution in [-0.2, 0) is 6.18 Å². The van der Waals surface area contributed by atoms with Crippen molar-refractivity contribution in [3.63, 3.8) is 0 Å². The first-order valence-corrected chi connectivity index (χ1v) is 7.42. The molecule has 2 aromatic heterocycles. The molecular weight excluding hydrogens is 335 g/mol. The average molecular weight is 349 g/mol. The largest absolute Gasteiger partial charge is 0.449 e. The van der Waals surface area contributed by atoms with Gasteiger partial charge in [0.15, 0.2) is 0 Å². The number of hydrogen-bond donors (Lipinski definition) is 3. The molecule has 0 bridgehead atoms. The highest BCUT2D eigenvalue weighted by Crippen LogP contribution is 2.28. The van der Waals surface area contributed by atoms with E-state index in [1.54, 1.807) is 18.5 Å². The van der Waals surface area contributed by atoms with Crippen molar-refractivity contribution in [3.05, 3.63) is 54.1 Å². The van der Waals surface area contributed by atoms with Crippen molar-refractivity contribution in [2.75, 3.05) is 18.4 Å². The Labute approximate surface area is 140 Å². The molecule has 3 aromatic rings. The summed E-state index contributed by atoms with van der Waals surface area (Å²) in [4.78, 5) is 21.7. The van der Waals surface area contributed by atoms with Gasteiger partial charge in [0.1, 0.15) is 0 Å². The fourth-order valence-corrected chi connectivity index (χ4v) is 2.24. The third kappa shape index (κ3) is 4.06. The van der Waals surface area contributed by atoms with E-state index in [-0.39, 0.29) is 22.5 Å². The Morgan fingerprint density at radius 1 is 1.20 bits per heavy atom. The van der Waals surface area contributed by atoms with E-state index in [1.165, 1.54) is 18.2 Å². The number of benzene rings is 1. The summed E-state index contributed by atoms with van der Waals surface area (Å²) in [6.45, 7) is 0.838. The lowest BCUT2D eigenvalue weighted by molar-refractivity contribution is -0.144. The van der Waals surface area contributed by atoms with Crippen molar-refractivity contribution in [1.82, 2.24) is 20.3 Å². The van der Waals surface area contributed by atoms with Crippen LogP contribution in [0.4, 0.5) is 18.9 Å². The summed E-state index contributed by atoms with van der Waals surface area (Å²) < 4.78 is 37.9. The second-order valence-electron chi connectivity index (χ2n) is 5.24. The number of aromatic amines is 1. The molecule has 0 unspecified atom stereocenters. The van der Waals surface area contributed by atoms with Crippen molar-refractivity contribution in [2.45, 2.75) is 6.18 Å². The monoisotopic (exact) mass is 349 g/mol. The number of carbonyl (C=O) groups excluding carboxylic acids is 1. The summed E-state index contributed by atoms with van der Waals surface area (Å²) in [5, 5.41) is 5.78. The van der Waals surface area contributed by atoms with Crippen molar-refractivity contribution in [2.24, 2.45) is 0 Å². The zero-order chi connectivity index (χ0) is 17.9. The number of pyridine rings is 1. The number of alkyl halides is 3. The third-order valence-corrected chi connectivity index (χ3v) is 3.41. The van der Waals surface area contributed by atoms with E-state index in [0.29, 0.717) is 13.1 Å². The minimum atomic E-state index is -4.56. The fraction of sp³-hybridized carbons (Fsp3) is 0.188. The minimum Gasteiger partial charge on any atom is -0.382 e. The number of nitrogens with zero attached hydrogens (tertiary/aromatic N) is 2. The molecule has 0 aliphatic heterocycles. The van der Waals surface area contributed by atoms with Crippen molar-refractivity contribution in [1.29, 1.82) is 0 Å². The minimum absolute atomic E-state index is 0.155. The molecule has 2 heterocycles. The molecule has 9 heteroatoms. The van der Waals surface area contributed by atoms with Crippen LogP contribution in [0, 0.1) is 0 Å². The molecule has 0 aliphatic rings. The van der Waals surface area contributed by atoms with Gasteiger partial charge in [-0.2, -0.15) is 13.2 Å². The van der Waals surface area contributed by atoms with E-state index in [4.69, 9.17) is 0 Å². The average Bonchev–Trinajstić information content (AvgIpc) is 3.03. The van der Waals surface area contributed by atoms with Gasteiger partial charge >= 0.3 is 6.18 Å². The fourth-order valence-electron chi connectivity index (χ4n) is 2.24. The van der Waals surface area contributed by atoms with E-state index in [0.717, 1.165) is 5.69 Å². The number of imidazole rings is 1. The Kier molecular flexibility index (Phi) is 4.55. The molecule has 0 spiro atoms. The van der Waals surface area contributed by atoms with Crippen molar-refractivity contribution < 1.29 is 18.0 Å². The molecule has 130 valence electrons. The van der Waals surface area contributed by atoms with Gasteiger partial charge in [0.2, 0.25) is 5.82 Å². The standard InChI is InChI=1S/C16H14F3N5O/c17-16(18,19)15-23-12-4-3-10(8-13(12)24-15)14(25)22-7-6-21-11-2-1-5-20-9-11/h1-5,8-9,21H,6-7H2,(H,22,25)(H,23,24). The highest BCUT2D eigenvalue weighted by molar-refractivity contribution is 5.97. The lowest BCUT2D eigenvalue weighted by atomic mass is 10.2. The van der Waals surface area contributed by atoms with Gasteiger partial charge in [0.25, 0.3) is 5.91 Å². The molecule has 25 heavy (non-hydrogen) atoms. The highest BCUT2D eigenvalue weighted by Gasteiger charge is 2.34. The summed E-state index contributed by atoms with van der Waals surface area (Å²) in [6.07, 6.45) is -1.24. The van der Waals surface area contributed by atoms with Crippen LogP contribution in [0.5, 0.6) is 0 Å². The van der Waals surface area contributed by atoms with Gasteiger partial charge in [-0.1, -0.05) is 0 Å². The summed E-state index contributed by atoms with van der Waals surface area (Å²) in [7, 11) is 0. The Morgan fingerprint density at radius 3 is 2.76 bits per heavy atom. The van der Waals surface area contributed by atoms with Crippen LogP contribution in [0.2, 0.25) is 0 Å². The predicted molar refractivity (Wildman–Crippen MR) is 86.2 cm³/mol. The van der Waals surface area contributed by atoms with Gasteiger partial charge in [-0.25, -0.2) is 4.98 Å². The molecule has 0 radical (unpaired) electrons. The van der Waals surface area contributed by atoms with Gasteiger partial charge in [-0.05, 0) is 30.3 Å². The van der Waals surface area contributed by atoms with Gasteiger partial charge in [-0.3, -0.25) is 9.78 Å². The zero-order valence-electron chi connectivity index (χ0n) is 12.9. The Balaban J connectivity index is 1.60. The quantitative estimate of drug-likeness (QED) is 0.619. The Hall–Kier alpha value is -3.10. The Bertz CT molecular complexity index is 876. The van der Waals surface area contributed by atoms with E-state index in [1.807, 2.05) is 6.07 Å². The molecule has 1 amide bonds. The maximum atomic E-state index is 12.6. The normalized spacial score (nSPS) is 11.5. The number of rotatable bonds is 5. The van der Waals surface area contributed by atoms with E-state index in [2.05, 4.69) is 25.6 Å². The SMILES string of the molecule is O=C(NCCNc1cccnc1)c1ccc2nc(C(F)(F)F)[nH]c2c1. The molecule has 3 rings (SSSR count). The number of H-pyrrole nitrogens is 1. The van der Waals surface area contributed by atoms with Crippen LogP contribution in [0.25, 0.3) is 11.0 Å². The third-order valence-electron chi connectivity index (χ3n) is 3.41. The van der Waals surface area contributed by atoms with Crippen molar-refractivity contribution >= 4 is 22.6 Å². The first-order chi connectivity index (χ1) is 11.9.